The lowest BCUT2D eigenvalue weighted by molar-refractivity contribution is -0.128. The fourth-order valence-electron chi connectivity index (χ4n) is 5.12. The van der Waals surface area contributed by atoms with Crippen molar-refractivity contribution in [2.45, 2.75) is 32.5 Å². The van der Waals surface area contributed by atoms with E-state index < -0.39 is 11.6 Å². The normalized spacial score (nSPS) is 13.8. The lowest BCUT2D eigenvalue weighted by Gasteiger charge is -2.32. The lowest BCUT2D eigenvalue weighted by Crippen LogP contribution is -2.42. The second-order valence-corrected chi connectivity index (χ2v) is 11.3. The molecule has 0 radical (unpaired) electrons. The van der Waals surface area contributed by atoms with Crippen LogP contribution in [-0.4, -0.2) is 46.1 Å². The number of rotatable bonds is 10. The number of halogens is 1. The number of phenolic OH excluding ortho intramolecular Hbond substituents is 1. The maximum absolute atomic E-state index is 13.6. The van der Waals surface area contributed by atoms with Gasteiger partial charge in [0.05, 0.1) is 0 Å². The average molecular weight is 647 g/mol. The summed E-state index contributed by atoms with van der Waals surface area (Å²) < 4.78 is 25.7. The summed E-state index contributed by atoms with van der Waals surface area (Å²) in [5, 5.41) is 21.3. The summed E-state index contributed by atoms with van der Waals surface area (Å²) in [6.07, 6.45) is 9.43. The first kappa shape index (κ1) is 33.4. The van der Waals surface area contributed by atoms with Gasteiger partial charge in [-0.3, -0.25) is 9.59 Å². The van der Waals surface area contributed by atoms with E-state index in [9.17, 15) is 24.2 Å². The minimum atomic E-state index is -0.807. The molecule has 1 saturated heterocycles. The van der Waals surface area contributed by atoms with E-state index in [1.165, 1.54) is 24.3 Å². The second-order valence-electron chi connectivity index (χ2n) is 11.3. The fraction of sp³-hybridized carbons (Fsp3) is 0.179. The molecule has 0 aliphatic carbocycles. The largest absolute Gasteiger partial charge is 0.505 e. The Morgan fingerprint density at radius 3 is 2.19 bits per heavy atom. The van der Waals surface area contributed by atoms with E-state index in [0.29, 0.717) is 49.4 Å². The number of allylic oxidation sites excluding steroid dienone is 3. The van der Waals surface area contributed by atoms with Crippen LogP contribution in [0.4, 0.5) is 10.1 Å². The summed E-state index contributed by atoms with van der Waals surface area (Å²) in [5.41, 5.74) is 4.04. The molecule has 0 saturated carbocycles. The number of carbonyl (C=O) groups is 2. The smallest absolute Gasteiger partial charge is 0.255 e. The number of carbonyl (C=O) groups excluding carboxylic acids is 2. The van der Waals surface area contributed by atoms with Gasteiger partial charge in [0.15, 0.2) is 17.3 Å². The first-order chi connectivity index (χ1) is 23.2. The molecule has 5 rings (SSSR count). The average Bonchev–Trinajstić information content (AvgIpc) is 3.12. The number of anilines is 1. The molecule has 0 spiro atoms. The van der Waals surface area contributed by atoms with Gasteiger partial charge < -0.3 is 29.9 Å². The van der Waals surface area contributed by atoms with Crippen LogP contribution >= 0.6 is 0 Å². The van der Waals surface area contributed by atoms with Crippen LogP contribution in [0.5, 0.6) is 17.2 Å². The maximum Gasteiger partial charge on any atom is 0.255 e. The van der Waals surface area contributed by atoms with Gasteiger partial charge in [-0.15, -0.1) is 6.42 Å². The highest BCUT2D eigenvalue weighted by Crippen LogP contribution is 2.26. The molecule has 0 atom stereocenters. The number of amides is 2. The number of aromatic hydroxyl groups is 1. The molecule has 3 N–H and O–H groups in total. The van der Waals surface area contributed by atoms with Crippen molar-refractivity contribution in [1.29, 1.82) is 0 Å². The number of nitrogens with one attached hydrogen (secondary N) is 1. The maximum atomic E-state index is 13.6. The van der Waals surface area contributed by atoms with Gasteiger partial charge in [-0.1, -0.05) is 36.4 Å². The molecule has 1 fully saturated rings. The Hall–Kier alpha value is -6.01. The molecule has 9 heteroatoms. The van der Waals surface area contributed by atoms with Crippen molar-refractivity contribution in [3.63, 3.8) is 0 Å². The summed E-state index contributed by atoms with van der Waals surface area (Å²) in [6, 6.07) is 26.2. The molecule has 48 heavy (non-hydrogen) atoms. The van der Waals surface area contributed by atoms with E-state index in [2.05, 4.69) is 11.2 Å². The van der Waals surface area contributed by atoms with E-state index in [-0.39, 0.29) is 29.4 Å². The number of likely N-dealkylation sites (tertiary alicyclic amines) is 1. The number of terminal acetylenes is 1. The van der Waals surface area contributed by atoms with Gasteiger partial charge in [0, 0.05) is 48.8 Å². The van der Waals surface area contributed by atoms with Crippen molar-refractivity contribution in [2.24, 2.45) is 0 Å². The topological polar surface area (TPSA) is 108 Å². The van der Waals surface area contributed by atoms with Crippen LogP contribution in [0, 0.1) is 18.2 Å². The molecule has 4 aromatic rings. The summed E-state index contributed by atoms with van der Waals surface area (Å²) in [6.45, 7) is 3.25. The number of aliphatic hydroxyl groups excluding tert-OH is 1. The third kappa shape index (κ3) is 8.83. The quantitative estimate of drug-likeness (QED) is 0.0544. The molecule has 0 aromatic heterocycles. The highest BCUT2D eigenvalue weighted by atomic mass is 19.1. The molecule has 244 valence electrons. The minimum absolute atomic E-state index is 0.00846. The number of benzene rings is 4. The SMILES string of the molecule is C#C/C(O)=C\C=C(/C)C(=O)N1CCC(Oc2ccc(COc3ccc(-c4ccc(C(=O)Nc5ccc(O)c(F)c5)cc4)cc3)cc2)CC1. The van der Waals surface area contributed by atoms with Gasteiger partial charge in [0.2, 0.25) is 5.91 Å². The molecule has 8 nitrogen and oxygen atoms in total. The van der Waals surface area contributed by atoms with E-state index in [1.54, 1.807) is 24.0 Å². The Bertz CT molecular complexity index is 1850. The van der Waals surface area contributed by atoms with E-state index in [0.717, 1.165) is 28.5 Å². The van der Waals surface area contributed by atoms with E-state index in [1.807, 2.05) is 60.7 Å². The van der Waals surface area contributed by atoms with Crippen LogP contribution in [-0.2, 0) is 11.4 Å². The monoisotopic (exact) mass is 646 g/mol. The standard InChI is InChI=1S/C39H35FN2O6/c1-3-32(43)14-4-26(2)39(46)42-22-20-35(21-23-42)48-34-15-5-27(6-16-34)25-47-33-17-11-29(12-18-33)28-7-9-30(10-8-28)38(45)41-31-13-19-37(44)36(40)24-31/h1,4-19,24,35,43-44H,20-23,25H2,2H3,(H,41,45)/b26-4+,32-14+. The molecule has 2 amide bonds. The van der Waals surface area contributed by atoms with Crippen molar-refractivity contribution in [1.82, 2.24) is 4.90 Å². The lowest BCUT2D eigenvalue weighted by atomic mass is 10.0. The second kappa shape index (κ2) is 15.5. The molecule has 4 aromatic carbocycles. The fourth-order valence-corrected chi connectivity index (χ4v) is 5.12. The van der Waals surface area contributed by atoms with Crippen LogP contribution in [0.3, 0.4) is 0 Å². The number of hydrogen-bond donors (Lipinski definition) is 3. The minimum Gasteiger partial charge on any atom is -0.505 e. The van der Waals surface area contributed by atoms with Gasteiger partial charge in [-0.25, -0.2) is 4.39 Å². The molecule has 0 unspecified atom stereocenters. The number of piperidine rings is 1. The number of nitrogens with zero attached hydrogens (tertiary/aromatic N) is 1. The summed E-state index contributed by atoms with van der Waals surface area (Å²) in [5.74, 6) is 1.60. The zero-order valence-electron chi connectivity index (χ0n) is 26.4. The highest BCUT2D eigenvalue weighted by molar-refractivity contribution is 6.04. The molecular formula is C39H35FN2O6. The van der Waals surface area contributed by atoms with E-state index in [4.69, 9.17) is 15.9 Å². The zero-order valence-corrected chi connectivity index (χ0v) is 26.4. The highest BCUT2D eigenvalue weighted by Gasteiger charge is 2.24. The molecular weight excluding hydrogens is 611 g/mol. The Labute approximate surface area is 278 Å². The molecule has 0 bridgehead atoms. The van der Waals surface area contributed by atoms with Crippen LogP contribution in [0.2, 0.25) is 0 Å². The Kier molecular flexibility index (Phi) is 10.8. The van der Waals surface area contributed by atoms with Crippen LogP contribution < -0.4 is 14.8 Å². The van der Waals surface area contributed by atoms with E-state index >= 15 is 0 Å². The zero-order chi connectivity index (χ0) is 34.0. The molecule has 1 aliphatic heterocycles. The van der Waals surface area contributed by atoms with Gasteiger partial charge in [-0.2, -0.15) is 0 Å². The van der Waals surface area contributed by atoms with Crippen molar-refractivity contribution < 1.29 is 33.7 Å². The third-order valence-corrected chi connectivity index (χ3v) is 7.88. The van der Waals surface area contributed by atoms with Gasteiger partial charge in [-0.05, 0) is 90.2 Å². The van der Waals surface area contributed by atoms with Crippen LogP contribution in [0.25, 0.3) is 11.1 Å². The number of aliphatic hydroxyl groups is 1. The third-order valence-electron chi connectivity index (χ3n) is 7.88. The number of hydrogen-bond acceptors (Lipinski definition) is 6. The first-order valence-corrected chi connectivity index (χ1v) is 15.4. The summed E-state index contributed by atoms with van der Waals surface area (Å²) >= 11 is 0. The van der Waals surface area contributed by atoms with Gasteiger partial charge in [0.1, 0.15) is 24.2 Å². The summed E-state index contributed by atoms with van der Waals surface area (Å²) in [7, 11) is 0. The van der Waals surface area contributed by atoms with Crippen LogP contribution in [0.1, 0.15) is 35.7 Å². The number of ether oxygens (including phenoxy) is 2. The predicted octanol–water partition coefficient (Wildman–Crippen LogP) is 7.42. The summed E-state index contributed by atoms with van der Waals surface area (Å²) in [4.78, 5) is 27.0. The Balaban J connectivity index is 1.06. The molecule has 1 heterocycles. The van der Waals surface area contributed by atoms with Crippen molar-refractivity contribution in [3.05, 3.63) is 131 Å². The van der Waals surface area contributed by atoms with Crippen molar-refractivity contribution in [2.75, 3.05) is 18.4 Å². The Morgan fingerprint density at radius 2 is 1.56 bits per heavy atom. The van der Waals surface area contributed by atoms with Crippen molar-refractivity contribution in [3.8, 4) is 40.7 Å². The number of phenols is 1. The van der Waals surface area contributed by atoms with Crippen LogP contribution in [0.15, 0.2) is 114 Å². The first-order valence-electron chi connectivity index (χ1n) is 15.4. The van der Waals surface area contributed by atoms with Gasteiger partial charge >= 0.3 is 0 Å². The van der Waals surface area contributed by atoms with Crippen molar-refractivity contribution >= 4 is 17.5 Å². The predicted molar refractivity (Wildman–Crippen MR) is 182 cm³/mol. The molecule has 1 aliphatic rings. The Morgan fingerprint density at radius 1 is 0.938 bits per heavy atom. The van der Waals surface area contributed by atoms with Gasteiger partial charge in [0.25, 0.3) is 5.91 Å².